The summed E-state index contributed by atoms with van der Waals surface area (Å²) < 4.78 is 0. The second-order valence-corrected chi connectivity index (χ2v) is 6.81. The zero-order valence-electron chi connectivity index (χ0n) is 13.6. The maximum absolute atomic E-state index is 12.4. The first-order valence-electron chi connectivity index (χ1n) is 8.02. The summed E-state index contributed by atoms with van der Waals surface area (Å²) in [6, 6.07) is 10.0. The van der Waals surface area contributed by atoms with Gasteiger partial charge in [0.25, 0.3) is 0 Å². The van der Waals surface area contributed by atoms with Gasteiger partial charge in [0.1, 0.15) is 0 Å². The lowest BCUT2D eigenvalue weighted by molar-refractivity contribution is -0.125. The van der Waals surface area contributed by atoms with E-state index in [2.05, 4.69) is 17.3 Å². The molecule has 0 radical (unpaired) electrons. The van der Waals surface area contributed by atoms with E-state index in [-0.39, 0.29) is 5.91 Å². The number of piperidine rings is 1. The van der Waals surface area contributed by atoms with E-state index < -0.39 is 5.41 Å². The Bertz CT molecular complexity index is 456. The van der Waals surface area contributed by atoms with Crippen molar-refractivity contribution in [3.63, 3.8) is 0 Å². The Morgan fingerprint density at radius 3 is 2.71 bits per heavy atom. The third-order valence-electron chi connectivity index (χ3n) is 4.62. The number of rotatable bonds is 5. The fraction of sp³-hybridized carbons (Fsp3) is 0.611. The minimum absolute atomic E-state index is 0.123. The Morgan fingerprint density at radius 1 is 1.33 bits per heavy atom. The van der Waals surface area contributed by atoms with Crippen LogP contribution in [0, 0.1) is 5.92 Å². The van der Waals surface area contributed by atoms with Gasteiger partial charge >= 0.3 is 0 Å². The third-order valence-corrected chi connectivity index (χ3v) is 4.62. The molecule has 21 heavy (non-hydrogen) atoms. The molecule has 1 aliphatic rings. The molecule has 1 saturated heterocycles. The van der Waals surface area contributed by atoms with Crippen molar-refractivity contribution in [3.05, 3.63) is 35.9 Å². The van der Waals surface area contributed by atoms with Crippen LogP contribution in [0.4, 0.5) is 0 Å². The summed E-state index contributed by atoms with van der Waals surface area (Å²) in [6.45, 7) is 7.15. The van der Waals surface area contributed by atoms with Crippen LogP contribution in [0.2, 0.25) is 0 Å². The van der Waals surface area contributed by atoms with Crippen molar-refractivity contribution in [3.8, 4) is 0 Å². The predicted octanol–water partition coefficient (Wildman–Crippen LogP) is 2.81. The lowest BCUT2D eigenvalue weighted by Crippen LogP contribution is -2.41. The van der Waals surface area contributed by atoms with Crippen molar-refractivity contribution in [1.29, 1.82) is 0 Å². The van der Waals surface area contributed by atoms with Crippen LogP contribution < -0.4 is 5.32 Å². The minimum Gasteiger partial charge on any atom is -0.355 e. The van der Waals surface area contributed by atoms with Crippen LogP contribution in [0.1, 0.15) is 38.7 Å². The van der Waals surface area contributed by atoms with Gasteiger partial charge < -0.3 is 10.2 Å². The van der Waals surface area contributed by atoms with Gasteiger partial charge in [0.05, 0.1) is 5.41 Å². The summed E-state index contributed by atoms with van der Waals surface area (Å²) in [7, 11) is 2.18. The van der Waals surface area contributed by atoms with E-state index in [9.17, 15) is 4.79 Å². The minimum atomic E-state index is -0.468. The molecule has 0 aliphatic carbocycles. The number of carbonyl (C=O) groups excluding carboxylic acids is 1. The van der Waals surface area contributed by atoms with Crippen molar-refractivity contribution < 1.29 is 4.79 Å². The second kappa shape index (κ2) is 7.08. The summed E-state index contributed by atoms with van der Waals surface area (Å²) >= 11 is 0. The van der Waals surface area contributed by atoms with Crippen molar-refractivity contribution in [2.75, 3.05) is 26.7 Å². The number of hydrogen-bond donors (Lipinski definition) is 1. The predicted molar refractivity (Wildman–Crippen MR) is 87.3 cm³/mol. The first-order valence-corrected chi connectivity index (χ1v) is 8.02. The number of benzene rings is 1. The normalized spacial score (nSPS) is 20.2. The highest BCUT2D eigenvalue weighted by Crippen LogP contribution is 2.23. The lowest BCUT2D eigenvalue weighted by Gasteiger charge is -2.30. The highest BCUT2D eigenvalue weighted by Gasteiger charge is 2.29. The summed E-state index contributed by atoms with van der Waals surface area (Å²) in [5.74, 6) is 0.849. The molecule has 1 atom stereocenters. The monoisotopic (exact) mass is 288 g/mol. The molecule has 0 bridgehead atoms. The molecule has 3 heteroatoms. The molecule has 116 valence electrons. The van der Waals surface area contributed by atoms with Gasteiger partial charge in [-0.1, -0.05) is 30.3 Å². The molecule has 0 saturated carbocycles. The van der Waals surface area contributed by atoms with E-state index in [1.807, 2.05) is 44.2 Å². The Labute approximate surface area is 128 Å². The molecule has 0 aromatic heterocycles. The fourth-order valence-corrected chi connectivity index (χ4v) is 3.11. The van der Waals surface area contributed by atoms with Crippen molar-refractivity contribution in [2.24, 2.45) is 5.92 Å². The first kappa shape index (κ1) is 16.0. The van der Waals surface area contributed by atoms with E-state index in [1.54, 1.807) is 0 Å². The highest BCUT2D eigenvalue weighted by atomic mass is 16.2. The average Bonchev–Trinajstić information content (AvgIpc) is 2.48. The molecule has 2 rings (SSSR count). The summed E-state index contributed by atoms with van der Waals surface area (Å²) in [6.07, 6.45) is 3.66. The summed E-state index contributed by atoms with van der Waals surface area (Å²) in [5.41, 5.74) is 0.602. The Balaban J connectivity index is 1.81. The van der Waals surface area contributed by atoms with Gasteiger partial charge in [-0.3, -0.25) is 4.79 Å². The number of nitrogens with one attached hydrogen (secondary N) is 1. The van der Waals surface area contributed by atoms with Gasteiger partial charge in [-0.15, -0.1) is 0 Å². The van der Waals surface area contributed by atoms with Crippen LogP contribution in [-0.4, -0.2) is 37.5 Å². The molecular weight excluding hydrogens is 260 g/mol. The van der Waals surface area contributed by atoms with Gasteiger partial charge in [0.15, 0.2) is 0 Å². The molecule has 1 aromatic carbocycles. The largest absolute Gasteiger partial charge is 0.355 e. The SMILES string of the molecule is CN1CCC[C@@H](CCNC(=O)C(C)(C)c2ccccc2)C1. The van der Waals surface area contributed by atoms with Crippen LogP contribution in [0.3, 0.4) is 0 Å². The van der Waals surface area contributed by atoms with E-state index in [0.717, 1.165) is 31.0 Å². The standard InChI is InChI=1S/C18H28N2O/c1-18(2,16-9-5-4-6-10-16)17(21)19-12-11-15-8-7-13-20(3)14-15/h4-6,9-10,15H,7-8,11-14H2,1-3H3,(H,19,21)/t15-/m0/s1. The van der Waals surface area contributed by atoms with Crippen LogP contribution in [0.5, 0.6) is 0 Å². The van der Waals surface area contributed by atoms with Gasteiger partial charge in [-0.05, 0) is 58.2 Å². The lowest BCUT2D eigenvalue weighted by atomic mass is 9.83. The zero-order chi connectivity index (χ0) is 15.3. The van der Waals surface area contributed by atoms with E-state index in [0.29, 0.717) is 0 Å². The molecular formula is C18H28N2O. The molecule has 1 amide bonds. The second-order valence-electron chi connectivity index (χ2n) is 6.81. The maximum Gasteiger partial charge on any atom is 0.230 e. The number of nitrogens with zero attached hydrogens (tertiary/aromatic N) is 1. The zero-order valence-corrected chi connectivity index (χ0v) is 13.6. The van der Waals surface area contributed by atoms with Gasteiger partial charge in [-0.2, -0.15) is 0 Å². The van der Waals surface area contributed by atoms with E-state index in [1.165, 1.54) is 19.4 Å². The van der Waals surface area contributed by atoms with Crippen LogP contribution in [0.15, 0.2) is 30.3 Å². The molecule has 0 unspecified atom stereocenters. The van der Waals surface area contributed by atoms with E-state index >= 15 is 0 Å². The topological polar surface area (TPSA) is 32.3 Å². The molecule has 1 aliphatic heterocycles. The maximum atomic E-state index is 12.4. The summed E-state index contributed by atoms with van der Waals surface area (Å²) in [5, 5.41) is 3.13. The molecule has 1 N–H and O–H groups in total. The van der Waals surface area contributed by atoms with E-state index in [4.69, 9.17) is 0 Å². The van der Waals surface area contributed by atoms with Crippen LogP contribution in [0.25, 0.3) is 0 Å². The van der Waals surface area contributed by atoms with Crippen molar-refractivity contribution in [1.82, 2.24) is 10.2 Å². The number of hydrogen-bond acceptors (Lipinski definition) is 2. The van der Waals surface area contributed by atoms with Gasteiger partial charge in [-0.25, -0.2) is 0 Å². The van der Waals surface area contributed by atoms with Crippen LogP contribution >= 0.6 is 0 Å². The quantitative estimate of drug-likeness (QED) is 0.903. The Morgan fingerprint density at radius 2 is 2.05 bits per heavy atom. The molecule has 1 fully saturated rings. The Hall–Kier alpha value is -1.35. The van der Waals surface area contributed by atoms with Crippen LogP contribution in [-0.2, 0) is 10.2 Å². The van der Waals surface area contributed by atoms with Gasteiger partial charge in [0, 0.05) is 13.1 Å². The number of carbonyl (C=O) groups is 1. The van der Waals surface area contributed by atoms with Crippen molar-refractivity contribution in [2.45, 2.75) is 38.5 Å². The smallest absolute Gasteiger partial charge is 0.230 e. The fourth-order valence-electron chi connectivity index (χ4n) is 3.11. The molecule has 1 aromatic rings. The number of amides is 1. The summed E-state index contributed by atoms with van der Waals surface area (Å²) in [4.78, 5) is 14.8. The Kier molecular flexibility index (Phi) is 5.40. The average molecular weight is 288 g/mol. The molecule has 1 heterocycles. The number of likely N-dealkylation sites (tertiary alicyclic amines) is 1. The third kappa shape index (κ3) is 4.31. The van der Waals surface area contributed by atoms with Gasteiger partial charge in [0.2, 0.25) is 5.91 Å². The van der Waals surface area contributed by atoms with Crippen molar-refractivity contribution >= 4 is 5.91 Å². The molecule has 3 nitrogen and oxygen atoms in total. The molecule has 0 spiro atoms. The first-order chi connectivity index (χ1) is 10.00. The highest BCUT2D eigenvalue weighted by molar-refractivity contribution is 5.87.